The molecule has 0 aromatic heterocycles. The van der Waals surface area contributed by atoms with Gasteiger partial charge in [-0.25, -0.2) is 0 Å². The molecule has 1 aliphatic heterocycles. The molecule has 2 unspecified atom stereocenters. The van der Waals surface area contributed by atoms with E-state index in [0.29, 0.717) is 13.2 Å². The summed E-state index contributed by atoms with van der Waals surface area (Å²) in [5, 5.41) is 0. The van der Waals surface area contributed by atoms with Crippen molar-refractivity contribution in [3.8, 4) is 0 Å². The Bertz CT molecular complexity index is 538. The summed E-state index contributed by atoms with van der Waals surface area (Å²) >= 11 is 0. The van der Waals surface area contributed by atoms with Crippen LogP contribution in [0.15, 0.2) is 0 Å². The van der Waals surface area contributed by atoms with Crippen LogP contribution in [0, 0.1) is 0 Å². The number of piperidine rings is 1. The van der Waals surface area contributed by atoms with Gasteiger partial charge in [-0.2, -0.15) is 0 Å². The molecule has 0 radical (unpaired) electrons. The largest absolute Gasteiger partial charge is 0.756 e. The molecule has 8 heteroatoms. The molecule has 1 fully saturated rings. The summed E-state index contributed by atoms with van der Waals surface area (Å²) in [5.41, 5.74) is 0. The van der Waals surface area contributed by atoms with Crippen LogP contribution in [-0.2, 0) is 23.1 Å². The molecule has 0 aromatic carbocycles. The predicted molar refractivity (Wildman–Crippen MR) is 141 cm³/mol. The third-order valence-electron chi connectivity index (χ3n) is 7.09. The summed E-state index contributed by atoms with van der Waals surface area (Å²) in [4.78, 5) is 12.2. The minimum atomic E-state index is -4.34. The minimum Gasteiger partial charge on any atom is -0.756 e. The van der Waals surface area contributed by atoms with Gasteiger partial charge in [0.2, 0.25) is 0 Å². The fourth-order valence-corrected chi connectivity index (χ4v) is 5.52. The van der Waals surface area contributed by atoms with E-state index < -0.39 is 13.9 Å². The lowest BCUT2D eigenvalue weighted by Crippen LogP contribution is -2.48. The number of likely N-dealkylation sites (tertiary alicyclic amines) is 1. The Morgan fingerprint density at radius 1 is 0.829 bits per heavy atom. The summed E-state index contributed by atoms with van der Waals surface area (Å²) in [6.07, 6.45) is 19.4. The topological polar surface area (TPSA) is 77.1 Å². The van der Waals surface area contributed by atoms with Crippen molar-refractivity contribution in [3.63, 3.8) is 0 Å². The van der Waals surface area contributed by atoms with Gasteiger partial charge in [-0.3, -0.25) is 4.57 Å². The molecule has 0 amide bonds. The Balaban J connectivity index is 1.94. The lowest BCUT2D eigenvalue weighted by atomic mass is 10.0. The number of quaternary nitrogens is 1. The number of rotatable bonds is 23. The summed E-state index contributed by atoms with van der Waals surface area (Å²) in [6.45, 7) is 4.98. The van der Waals surface area contributed by atoms with Crippen LogP contribution >= 0.6 is 7.82 Å². The summed E-state index contributed by atoms with van der Waals surface area (Å²) < 4.78 is 34.4. The Hall–Kier alpha value is -0.0100. The first-order chi connectivity index (χ1) is 16.8. The van der Waals surface area contributed by atoms with E-state index in [1.807, 2.05) is 0 Å². The SMILES string of the molecule is CCCCCCCCCCCCCCCCOCC(COP(=O)([O-])OC1CC[N+](C)(C)CC1)OC. The third kappa shape index (κ3) is 18.8. The number of nitrogens with zero attached hydrogens (tertiary/aromatic N) is 1. The van der Waals surface area contributed by atoms with Crippen molar-refractivity contribution in [2.75, 3.05) is 54.1 Å². The highest BCUT2D eigenvalue weighted by atomic mass is 31.2. The molecule has 1 saturated heterocycles. The fraction of sp³-hybridized carbons (Fsp3) is 1.00. The van der Waals surface area contributed by atoms with Crippen molar-refractivity contribution in [1.29, 1.82) is 0 Å². The number of phosphoric acid groups is 1. The molecule has 0 bridgehead atoms. The monoisotopic (exact) mass is 521 g/mol. The lowest BCUT2D eigenvalue weighted by molar-refractivity contribution is -0.896. The van der Waals surface area contributed by atoms with Crippen molar-refractivity contribution >= 4 is 7.82 Å². The van der Waals surface area contributed by atoms with Gasteiger partial charge in [0.15, 0.2) is 0 Å². The van der Waals surface area contributed by atoms with Crippen molar-refractivity contribution in [2.24, 2.45) is 0 Å². The number of phosphoric ester groups is 1. The first-order valence-electron chi connectivity index (χ1n) is 14.3. The fourth-order valence-electron chi connectivity index (χ4n) is 4.53. The number of ether oxygens (including phenoxy) is 2. The van der Waals surface area contributed by atoms with Gasteiger partial charge in [0.25, 0.3) is 7.82 Å². The average molecular weight is 522 g/mol. The highest BCUT2D eigenvalue weighted by molar-refractivity contribution is 7.45. The van der Waals surface area contributed by atoms with Gasteiger partial charge in [0, 0.05) is 26.6 Å². The van der Waals surface area contributed by atoms with E-state index in [-0.39, 0.29) is 12.7 Å². The summed E-state index contributed by atoms with van der Waals surface area (Å²) in [5.74, 6) is 0. The van der Waals surface area contributed by atoms with Gasteiger partial charge in [-0.15, -0.1) is 0 Å². The second kappa shape index (κ2) is 20.0. The molecular weight excluding hydrogens is 465 g/mol. The lowest BCUT2D eigenvalue weighted by Gasteiger charge is -2.38. The third-order valence-corrected chi connectivity index (χ3v) is 8.11. The van der Waals surface area contributed by atoms with Crippen LogP contribution in [0.5, 0.6) is 0 Å². The van der Waals surface area contributed by atoms with E-state index in [0.717, 1.165) is 36.8 Å². The van der Waals surface area contributed by atoms with Crippen LogP contribution in [0.1, 0.15) is 110 Å². The van der Waals surface area contributed by atoms with Gasteiger partial charge in [-0.05, 0) is 6.42 Å². The zero-order valence-electron chi connectivity index (χ0n) is 23.3. The van der Waals surface area contributed by atoms with Crippen LogP contribution in [-0.4, -0.2) is 70.8 Å². The molecule has 1 rings (SSSR count). The Morgan fingerprint density at radius 3 is 1.80 bits per heavy atom. The minimum absolute atomic E-state index is 0.0791. The van der Waals surface area contributed by atoms with E-state index in [1.54, 1.807) is 7.11 Å². The zero-order chi connectivity index (χ0) is 25.8. The molecule has 1 heterocycles. The van der Waals surface area contributed by atoms with E-state index in [4.69, 9.17) is 18.5 Å². The zero-order valence-corrected chi connectivity index (χ0v) is 24.2. The van der Waals surface area contributed by atoms with E-state index in [2.05, 4.69) is 21.0 Å². The van der Waals surface area contributed by atoms with E-state index >= 15 is 0 Å². The standard InChI is InChI=1S/C27H56NO6P/c1-5-6-7-8-9-10-11-12-13-14-15-16-17-18-23-32-24-27(31-4)25-33-35(29,30)34-26-19-21-28(2,3)22-20-26/h26-27H,5-25H2,1-4H3. The van der Waals surface area contributed by atoms with Crippen molar-refractivity contribution in [1.82, 2.24) is 0 Å². The first-order valence-corrected chi connectivity index (χ1v) is 15.8. The van der Waals surface area contributed by atoms with E-state index in [1.165, 1.54) is 83.5 Å². The van der Waals surface area contributed by atoms with Crippen LogP contribution < -0.4 is 4.89 Å². The van der Waals surface area contributed by atoms with Crippen molar-refractivity contribution < 1.29 is 32.5 Å². The highest BCUT2D eigenvalue weighted by Crippen LogP contribution is 2.42. The average Bonchev–Trinajstić information content (AvgIpc) is 2.82. The second-order valence-electron chi connectivity index (χ2n) is 11.0. The number of hydrogen-bond donors (Lipinski definition) is 0. The molecule has 210 valence electrons. The Labute approximate surface area is 216 Å². The number of unbranched alkanes of at least 4 members (excludes halogenated alkanes) is 13. The van der Waals surface area contributed by atoms with Crippen molar-refractivity contribution in [2.45, 2.75) is 122 Å². The molecule has 0 N–H and O–H groups in total. The van der Waals surface area contributed by atoms with E-state index in [9.17, 15) is 9.46 Å². The summed E-state index contributed by atoms with van der Waals surface area (Å²) in [7, 11) is 1.49. The number of methoxy groups -OCH3 is 1. The molecular formula is C27H56NO6P. The molecule has 0 aliphatic carbocycles. The van der Waals surface area contributed by atoms with Gasteiger partial charge in [0.05, 0.1) is 46.5 Å². The highest BCUT2D eigenvalue weighted by Gasteiger charge is 2.29. The summed E-state index contributed by atoms with van der Waals surface area (Å²) in [6, 6.07) is 0. The molecule has 0 saturated carbocycles. The molecule has 1 aliphatic rings. The Morgan fingerprint density at radius 2 is 1.31 bits per heavy atom. The molecule has 0 spiro atoms. The molecule has 35 heavy (non-hydrogen) atoms. The first kappa shape index (κ1) is 33.0. The maximum atomic E-state index is 12.2. The Kier molecular flexibility index (Phi) is 18.9. The number of hydrogen-bond acceptors (Lipinski definition) is 6. The molecule has 2 atom stereocenters. The molecule has 0 aromatic rings. The quantitative estimate of drug-likeness (QED) is 0.0900. The predicted octanol–water partition coefficient (Wildman–Crippen LogP) is 6.24. The second-order valence-corrected chi connectivity index (χ2v) is 12.3. The molecule has 7 nitrogen and oxygen atoms in total. The van der Waals surface area contributed by atoms with Crippen LogP contribution in [0.2, 0.25) is 0 Å². The van der Waals surface area contributed by atoms with Crippen molar-refractivity contribution in [3.05, 3.63) is 0 Å². The van der Waals surface area contributed by atoms with Crippen LogP contribution in [0.25, 0.3) is 0 Å². The van der Waals surface area contributed by atoms with Gasteiger partial charge < -0.3 is 27.9 Å². The van der Waals surface area contributed by atoms with Gasteiger partial charge in [0.1, 0.15) is 6.10 Å². The van der Waals surface area contributed by atoms with Gasteiger partial charge >= 0.3 is 0 Å². The maximum Gasteiger partial charge on any atom is 0.268 e. The van der Waals surface area contributed by atoms with Crippen LogP contribution in [0.4, 0.5) is 0 Å². The smallest absolute Gasteiger partial charge is 0.268 e. The van der Waals surface area contributed by atoms with Crippen LogP contribution in [0.3, 0.4) is 0 Å². The van der Waals surface area contributed by atoms with Gasteiger partial charge in [-0.1, -0.05) is 90.4 Å². The maximum absolute atomic E-state index is 12.2. The normalized spacial score (nSPS) is 19.0.